The maximum absolute atomic E-state index is 13.2. The van der Waals surface area contributed by atoms with Crippen LogP contribution < -0.4 is 10.9 Å². The second kappa shape index (κ2) is 4.98. The van der Waals surface area contributed by atoms with Gasteiger partial charge in [0.15, 0.2) is 5.78 Å². The minimum absolute atomic E-state index is 0.0599. The number of H-pyrrole nitrogens is 2. The van der Waals surface area contributed by atoms with Crippen LogP contribution in [0.15, 0.2) is 52.8 Å². The van der Waals surface area contributed by atoms with Gasteiger partial charge in [0.1, 0.15) is 11.6 Å². The minimum atomic E-state index is -0.643. The van der Waals surface area contributed by atoms with Crippen molar-refractivity contribution in [2.75, 3.05) is 5.32 Å². The first kappa shape index (κ1) is 14.8. The van der Waals surface area contributed by atoms with Crippen LogP contribution in [0.1, 0.15) is 38.5 Å². The molecule has 0 saturated carbocycles. The summed E-state index contributed by atoms with van der Waals surface area (Å²) in [6, 6.07) is 12.6. The van der Waals surface area contributed by atoms with E-state index in [9.17, 15) is 14.7 Å². The van der Waals surface area contributed by atoms with Crippen molar-refractivity contribution in [2.24, 2.45) is 0 Å². The lowest BCUT2D eigenvalue weighted by atomic mass is 9.81. The lowest BCUT2D eigenvalue weighted by molar-refractivity contribution is 0.103. The number of allylic oxidation sites excluding steroid dienone is 1. The largest absolute Gasteiger partial charge is 0.508 e. The van der Waals surface area contributed by atoms with Crippen molar-refractivity contribution in [3.05, 3.63) is 86.2 Å². The average Bonchev–Trinajstić information content (AvgIpc) is 3.15. The molecule has 0 bridgehead atoms. The molecular weight excluding hydrogens is 330 g/mol. The second-order valence-electron chi connectivity index (χ2n) is 6.65. The summed E-state index contributed by atoms with van der Waals surface area (Å²) in [7, 11) is 0. The SMILES string of the molecule is Cc1ccc(O)c(C2C3=C(Nc4[nH][nH]c(=O)c42)c2ccccc2C3=O)c1. The Hall–Kier alpha value is -3.54. The third-order valence-corrected chi connectivity index (χ3v) is 5.09. The first-order valence-corrected chi connectivity index (χ1v) is 8.31. The van der Waals surface area contributed by atoms with Crippen molar-refractivity contribution in [1.29, 1.82) is 0 Å². The zero-order valence-electron chi connectivity index (χ0n) is 13.9. The molecule has 0 saturated heterocycles. The molecule has 1 aliphatic heterocycles. The van der Waals surface area contributed by atoms with Crippen molar-refractivity contribution in [3.63, 3.8) is 0 Å². The van der Waals surface area contributed by atoms with Crippen molar-refractivity contribution >= 4 is 17.3 Å². The molecular formula is C20H15N3O3. The molecule has 1 aromatic heterocycles. The van der Waals surface area contributed by atoms with Gasteiger partial charge in [0, 0.05) is 22.3 Å². The first-order chi connectivity index (χ1) is 12.6. The number of Topliss-reactive ketones (excluding diaryl/α,β-unsaturated/α-hetero) is 1. The predicted molar refractivity (Wildman–Crippen MR) is 97.4 cm³/mol. The van der Waals surface area contributed by atoms with Crippen LogP contribution in [0.2, 0.25) is 0 Å². The maximum atomic E-state index is 13.2. The van der Waals surface area contributed by atoms with Gasteiger partial charge in [-0.3, -0.25) is 19.8 Å². The molecule has 6 nitrogen and oxygen atoms in total. The highest BCUT2D eigenvalue weighted by Gasteiger charge is 2.42. The fourth-order valence-corrected chi connectivity index (χ4v) is 3.94. The Kier molecular flexibility index (Phi) is 2.83. The molecule has 26 heavy (non-hydrogen) atoms. The summed E-state index contributed by atoms with van der Waals surface area (Å²) < 4.78 is 0. The van der Waals surface area contributed by atoms with Crippen LogP contribution >= 0.6 is 0 Å². The van der Waals surface area contributed by atoms with Gasteiger partial charge in [-0.1, -0.05) is 42.0 Å². The molecule has 0 amide bonds. The number of ketones is 1. The number of anilines is 1. The number of nitrogens with one attached hydrogen (secondary N) is 3. The van der Waals surface area contributed by atoms with E-state index in [0.717, 1.165) is 11.1 Å². The molecule has 0 spiro atoms. The predicted octanol–water partition coefficient (Wildman–Crippen LogP) is 2.88. The number of hydrogen-bond acceptors (Lipinski definition) is 4. The van der Waals surface area contributed by atoms with Gasteiger partial charge in [0.2, 0.25) is 0 Å². The summed E-state index contributed by atoms with van der Waals surface area (Å²) in [5.41, 5.74) is 4.16. The third kappa shape index (κ3) is 1.81. The number of benzene rings is 2. The van der Waals surface area contributed by atoms with Crippen LogP contribution in [0, 0.1) is 6.92 Å². The Labute approximate surface area is 148 Å². The molecule has 6 heteroatoms. The number of aromatic amines is 2. The van der Waals surface area contributed by atoms with E-state index in [1.165, 1.54) is 0 Å². The standard InChI is InChI=1S/C20H15N3O3/c1-9-6-7-13(24)12(8-9)14-15-17(21-19-16(14)20(26)23-22-19)10-4-2-3-5-11(10)18(15)25/h2-8,14,24H,1H3,(H3,21,22,23,26). The molecule has 2 aromatic carbocycles. The normalized spacial score (nSPS) is 17.6. The molecule has 0 fully saturated rings. The smallest absolute Gasteiger partial charge is 0.270 e. The number of phenols is 1. The van der Waals surface area contributed by atoms with E-state index < -0.39 is 5.92 Å². The Morgan fingerprint density at radius 2 is 1.77 bits per heavy atom. The summed E-state index contributed by atoms with van der Waals surface area (Å²) in [6.45, 7) is 1.91. The van der Waals surface area contributed by atoms with Gasteiger partial charge < -0.3 is 10.4 Å². The van der Waals surface area contributed by atoms with E-state index >= 15 is 0 Å². The number of hydrogen-bond donors (Lipinski definition) is 4. The molecule has 5 rings (SSSR count). The third-order valence-electron chi connectivity index (χ3n) is 5.09. The van der Waals surface area contributed by atoms with Crippen molar-refractivity contribution in [2.45, 2.75) is 12.8 Å². The lowest BCUT2D eigenvalue weighted by Gasteiger charge is -2.25. The summed E-state index contributed by atoms with van der Waals surface area (Å²) in [5.74, 6) is -0.190. The highest BCUT2D eigenvalue weighted by Crippen LogP contribution is 2.49. The number of phenolic OH excluding ortho intramolecular Hbond substituents is 1. The molecule has 4 N–H and O–H groups in total. The Morgan fingerprint density at radius 1 is 1.00 bits per heavy atom. The highest BCUT2D eigenvalue weighted by molar-refractivity contribution is 6.23. The Bertz CT molecular complexity index is 1180. The molecule has 1 atom stereocenters. The molecule has 2 heterocycles. The number of fused-ring (bicyclic) bond motifs is 3. The van der Waals surface area contributed by atoms with Crippen LogP contribution in [0.25, 0.3) is 5.70 Å². The molecule has 1 unspecified atom stereocenters. The fraction of sp³-hybridized carbons (Fsp3) is 0.100. The summed E-state index contributed by atoms with van der Waals surface area (Å²) in [6.07, 6.45) is 0. The summed E-state index contributed by atoms with van der Waals surface area (Å²) >= 11 is 0. The van der Waals surface area contributed by atoms with Crippen LogP contribution in [0.4, 0.5) is 5.82 Å². The van der Waals surface area contributed by atoms with E-state index in [1.807, 2.05) is 31.2 Å². The Balaban J connectivity index is 1.84. The monoisotopic (exact) mass is 345 g/mol. The lowest BCUT2D eigenvalue weighted by Crippen LogP contribution is -2.23. The van der Waals surface area contributed by atoms with Crippen molar-refractivity contribution in [3.8, 4) is 5.75 Å². The minimum Gasteiger partial charge on any atom is -0.508 e. The molecule has 3 aromatic rings. The van der Waals surface area contributed by atoms with Gasteiger partial charge in [-0.15, -0.1) is 0 Å². The van der Waals surface area contributed by atoms with Crippen LogP contribution in [-0.2, 0) is 0 Å². The van der Waals surface area contributed by atoms with Gasteiger partial charge in [-0.25, -0.2) is 0 Å². The molecule has 2 aliphatic rings. The Morgan fingerprint density at radius 3 is 2.58 bits per heavy atom. The number of aromatic nitrogens is 2. The number of rotatable bonds is 1. The number of aromatic hydroxyl groups is 1. The molecule has 0 radical (unpaired) electrons. The molecule has 128 valence electrons. The number of carbonyl (C=O) groups is 1. The first-order valence-electron chi connectivity index (χ1n) is 8.31. The van der Waals surface area contributed by atoms with Gasteiger partial charge in [0.05, 0.1) is 17.2 Å². The van der Waals surface area contributed by atoms with Crippen molar-refractivity contribution < 1.29 is 9.90 Å². The zero-order valence-corrected chi connectivity index (χ0v) is 13.9. The number of aryl methyl sites for hydroxylation is 1. The van der Waals surface area contributed by atoms with E-state index in [0.29, 0.717) is 33.8 Å². The maximum Gasteiger partial charge on any atom is 0.270 e. The summed E-state index contributed by atoms with van der Waals surface area (Å²) in [4.78, 5) is 25.6. The zero-order chi connectivity index (χ0) is 18.0. The topological polar surface area (TPSA) is 98.0 Å². The van der Waals surface area contributed by atoms with Gasteiger partial charge >= 0.3 is 0 Å². The average molecular weight is 345 g/mol. The van der Waals surface area contributed by atoms with Crippen LogP contribution in [0.5, 0.6) is 5.75 Å². The van der Waals surface area contributed by atoms with Crippen molar-refractivity contribution in [1.82, 2.24) is 10.2 Å². The quantitative estimate of drug-likeness (QED) is 0.545. The van der Waals surface area contributed by atoms with Gasteiger partial charge in [0.25, 0.3) is 5.56 Å². The van der Waals surface area contributed by atoms with Gasteiger partial charge in [-0.05, 0) is 13.0 Å². The van der Waals surface area contributed by atoms with Crippen LogP contribution in [0.3, 0.4) is 0 Å². The van der Waals surface area contributed by atoms with Gasteiger partial charge in [-0.2, -0.15) is 0 Å². The van der Waals surface area contributed by atoms with E-state index in [-0.39, 0.29) is 17.1 Å². The van der Waals surface area contributed by atoms with E-state index in [2.05, 4.69) is 15.5 Å². The summed E-state index contributed by atoms with van der Waals surface area (Å²) in [5, 5.41) is 19.1. The highest BCUT2D eigenvalue weighted by atomic mass is 16.3. The number of carbonyl (C=O) groups excluding carboxylic acids is 1. The van der Waals surface area contributed by atoms with E-state index in [1.54, 1.807) is 18.2 Å². The molecule has 1 aliphatic carbocycles. The fourth-order valence-electron chi connectivity index (χ4n) is 3.94. The van der Waals surface area contributed by atoms with Crippen LogP contribution in [-0.4, -0.2) is 21.1 Å². The van der Waals surface area contributed by atoms with E-state index in [4.69, 9.17) is 0 Å². The second-order valence-corrected chi connectivity index (χ2v) is 6.65.